The van der Waals surface area contributed by atoms with Crippen LogP contribution in [0.25, 0.3) is 0 Å². The van der Waals surface area contributed by atoms with Gasteiger partial charge >= 0.3 is 0 Å². The summed E-state index contributed by atoms with van der Waals surface area (Å²) in [5.41, 5.74) is 2.44. The number of rotatable bonds is 6. The molecule has 2 aromatic rings. The molecule has 0 aromatic heterocycles. The monoisotopic (exact) mass is 303 g/mol. The molecule has 0 saturated heterocycles. The van der Waals surface area contributed by atoms with Gasteiger partial charge in [0, 0.05) is 17.1 Å². The third-order valence-corrected chi connectivity index (χ3v) is 3.94. The Hall–Kier alpha value is -1.51. The van der Waals surface area contributed by atoms with Crippen LogP contribution in [-0.4, -0.2) is 7.11 Å². The fraction of sp³-hybridized carbons (Fsp3) is 0.333. The maximum atomic E-state index is 6.09. The largest absolute Gasteiger partial charge is 0.497 e. The van der Waals surface area contributed by atoms with Gasteiger partial charge in [0.25, 0.3) is 0 Å². The molecule has 0 saturated carbocycles. The lowest BCUT2D eigenvalue weighted by atomic mass is 10.0. The van der Waals surface area contributed by atoms with Crippen molar-refractivity contribution in [1.82, 2.24) is 5.32 Å². The van der Waals surface area contributed by atoms with Gasteiger partial charge in [-0.15, -0.1) is 0 Å². The van der Waals surface area contributed by atoms with Crippen molar-refractivity contribution in [2.24, 2.45) is 0 Å². The molecule has 1 N–H and O–H groups in total. The molecule has 0 bridgehead atoms. The van der Waals surface area contributed by atoms with Crippen LogP contribution in [0.1, 0.15) is 43.5 Å². The van der Waals surface area contributed by atoms with E-state index in [1.54, 1.807) is 7.11 Å². The van der Waals surface area contributed by atoms with Crippen molar-refractivity contribution < 1.29 is 4.74 Å². The number of halogens is 1. The fourth-order valence-electron chi connectivity index (χ4n) is 2.48. The molecule has 21 heavy (non-hydrogen) atoms. The van der Waals surface area contributed by atoms with E-state index in [1.807, 2.05) is 30.3 Å². The number of benzene rings is 2. The van der Waals surface area contributed by atoms with Crippen LogP contribution in [0.5, 0.6) is 5.75 Å². The maximum Gasteiger partial charge on any atom is 0.119 e. The summed E-state index contributed by atoms with van der Waals surface area (Å²) in [6, 6.07) is 16.7. The maximum absolute atomic E-state index is 6.09. The zero-order valence-corrected chi connectivity index (χ0v) is 13.5. The molecule has 0 spiro atoms. The van der Waals surface area contributed by atoms with Crippen molar-refractivity contribution >= 4 is 11.6 Å². The summed E-state index contributed by atoms with van der Waals surface area (Å²) < 4.78 is 5.29. The SMILES string of the molecule is CCC(N[C@H](C)c1cccc(OC)c1)c1cccc(Cl)c1. The van der Waals surface area contributed by atoms with Gasteiger partial charge in [0.1, 0.15) is 5.75 Å². The van der Waals surface area contributed by atoms with Gasteiger partial charge in [-0.1, -0.05) is 42.8 Å². The van der Waals surface area contributed by atoms with Gasteiger partial charge in [0.2, 0.25) is 0 Å². The minimum Gasteiger partial charge on any atom is -0.497 e. The van der Waals surface area contributed by atoms with E-state index in [9.17, 15) is 0 Å². The Morgan fingerprint density at radius 1 is 1.10 bits per heavy atom. The van der Waals surface area contributed by atoms with Gasteiger partial charge in [-0.05, 0) is 48.7 Å². The van der Waals surface area contributed by atoms with E-state index < -0.39 is 0 Å². The Morgan fingerprint density at radius 3 is 2.48 bits per heavy atom. The topological polar surface area (TPSA) is 21.3 Å². The summed E-state index contributed by atoms with van der Waals surface area (Å²) in [4.78, 5) is 0. The van der Waals surface area contributed by atoms with Crippen molar-refractivity contribution in [1.29, 1.82) is 0 Å². The highest BCUT2D eigenvalue weighted by Crippen LogP contribution is 2.25. The minimum atomic E-state index is 0.240. The Bertz CT molecular complexity index is 585. The van der Waals surface area contributed by atoms with Crippen LogP contribution >= 0.6 is 11.6 Å². The molecule has 1 unspecified atom stereocenters. The van der Waals surface area contributed by atoms with Crippen LogP contribution in [0, 0.1) is 0 Å². The molecule has 2 aromatic carbocycles. The molecule has 0 heterocycles. The average molecular weight is 304 g/mol. The van der Waals surface area contributed by atoms with E-state index in [2.05, 4.69) is 37.4 Å². The summed E-state index contributed by atoms with van der Waals surface area (Å²) in [6.45, 7) is 4.35. The summed E-state index contributed by atoms with van der Waals surface area (Å²) >= 11 is 6.09. The van der Waals surface area contributed by atoms with E-state index in [0.29, 0.717) is 0 Å². The van der Waals surface area contributed by atoms with E-state index in [0.717, 1.165) is 17.2 Å². The lowest BCUT2D eigenvalue weighted by Gasteiger charge is -2.23. The van der Waals surface area contributed by atoms with Crippen molar-refractivity contribution in [2.75, 3.05) is 7.11 Å². The molecule has 112 valence electrons. The predicted octanol–water partition coefficient (Wildman–Crippen LogP) is 5.15. The number of nitrogens with one attached hydrogen (secondary N) is 1. The molecule has 0 radical (unpaired) electrons. The molecule has 0 aliphatic rings. The first-order valence-electron chi connectivity index (χ1n) is 7.29. The lowest BCUT2D eigenvalue weighted by Crippen LogP contribution is -2.24. The fourth-order valence-corrected chi connectivity index (χ4v) is 2.68. The molecule has 2 nitrogen and oxygen atoms in total. The first kappa shape index (κ1) is 15.9. The third kappa shape index (κ3) is 4.23. The normalized spacial score (nSPS) is 13.7. The smallest absolute Gasteiger partial charge is 0.119 e. The second-order valence-electron chi connectivity index (χ2n) is 5.18. The van der Waals surface area contributed by atoms with E-state index in [4.69, 9.17) is 16.3 Å². The highest BCUT2D eigenvalue weighted by atomic mass is 35.5. The Balaban J connectivity index is 2.14. The molecule has 0 fully saturated rings. The number of methoxy groups -OCH3 is 1. The number of ether oxygens (including phenoxy) is 1. The molecule has 2 atom stereocenters. The lowest BCUT2D eigenvalue weighted by molar-refractivity contribution is 0.411. The predicted molar refractivity (Wildman–Crippen MR) is 89.0 cm³/mol. The van der Waals surface area contributed by atoms with Crippen molar-refractivity contribution in [3.8, 4) is 5.75 Å². The van der Waals surface area contributed by atoms with Gasteiger partial charge in [-0.25, -0.2) is 0 Å². The molecule has 3 heteroatoms. The second kappa shape index (κ2) is 7.48. The molecule has 0 aliphatic heterocycles. The van der Waals surface area contributed by atoms with Gasteiger partial charge in [0.15, 0.2) is 0 Å². The molecule has 0 amide bonds. The molecular weight excluding hydrogens is 282 g/mol. The molecular formula is C18H22ClNO. The minimum absolute atomic E-state index is 0.240. The van der Waals surface area contributed by atoms with Crippen LogP contribution in [-0.2, 0) is 0 Å². The van der Waals surface area contributed by atoms with Crippen LogP contribution in [0.3, 0.4) is 0 Å². The highest BCUT2D eigenvalue weighted by Gasteiger charge is 2.14. The third-order valence-electron chi connectivity index (χ3n) is 3.70. The summed E-state index contributed by atoms with van der Waals surface area (Å²) in [5, 5.41) is 4.44. The Labute approximate surface area is 132 Å². The average Bonchev–Trinajstić information content (AvgIpc) is 2.52. The first-order chi connectivity index (χ1) is 10.1. The van der Waals surface area contributed by atoms with Crippen molar-refractivity contribution in [3.63, 3.8) is 0 Å². The number of hydrogen-bond acceptors (Lipinski definition) is 2. The van der Waals surface area contributed by atoms with Crippen LogP contribution in [0.4, 0.5) is 0 Å². The van der Waals surface area contributed by atoms with Gasteiger partial charge in [-0.2, -0.15) is 0 Å². The summed E-state index contributed by atoms with van der Waals surface area (Å²) in [6.07, 6.45) is 1.01. The van der Waals surface area contributed by atoms with Crippen LogP contribution in [0.2, 0.25) is 5.02 Å². The van der Waals surface area contributed by atoms with Crippen LogP contribution < -0.4 is 10.1 Å². The van der Waals surface area contributed by atoms with Crippen LogP contribution in [0.15, 0.2) is 48.5 Å². The van der Waals surface area contributed by atoms with E-state index in [-0.39, 0.29) is 12.1 Å². The van der Waals surface area contributed by atoms with Gasteiger partial charge in [-0.3, -0.25) is 0 Å². The highest BCUT2D eigenvalue weighted by molar-refractivity contribution is 6.30. The summed E-state index contributed by atoms with van der Waals surface area (Å²) in [5.74, 6) is 0.886. The van der Waals surface area contributed by atoms with Gasteiger partial charge < -0.3 is 10.1 Å². The summed E-state index contributed by atoms with van der Waals surface area (Å²) in [7, 11) is 1.69. The molecule has 0 aliphatic carbocycles. The standard InChI is InChI=1S/C18H22ClNO/c1-4-18(15-8-5-9-16(19)11-15)20-13(2)14-7-6-10-17(12-14)21-3/h5-13,18,20H,4H2,1-3H3/t13-,18?/m1/s1. The second-order valence-corrected chi connectivity index (χ2v) is 5.62. The van der Waals surface area contributed by atoms with Crippen molar-refractivity contribution in [2.45, 2.75) is 32.4 Å². The quantitative estimate of drug-likeness (QED) is 0.796. The van der Waals surface area contributed by atoms with E-state index in [1.165, 1.54) is 11.1 Å². The van der Waals surface area contributed by atoms with E-state index >= 15 is 0 Å². The first-order valence-corrected chi connectivity index (χ1v) is 7.67. The Kier molecular flexibility index (Phi) is 5.66. The van der Waals surface area contributed by atoms with Crippen molar-refractivity contribution in [3.05, 3.63) is 64.7 Å². The van der Waals surface area contributed by atoms with Gasteiger partial charge in [0.05, 0.1) is 7.11 Å². The zero-order valence-electron chi connectivity index (χ0n) is 12.8. The molecule has 2 rings (SSSR count). The Morgan fingerprint density at radius 2 is 1.81 bits per heavy atom. The number of hydrogen-bond donors (Lipinski definition) is 1. The zero-order chi connectivity index (χ0) is 15.2.